The van der Waals surface area contributed by atoms with Gasteiger partial charge in [-0.2, -0.15) is 0 Å². The summed E-state index contributed by atoms with van der Waals surface area (Å²) >= 11 is 5.95. The SMILES string of the molecule is O=C(c1cc(=O)c2ccccc2o1)N1CCCN(Cc2ccc(Cl)cc2)CC1. The Hall–Kier alpha value is -2.63. The van der Waals surface area contributed by atoms with E-state index in [0.29, 0.717) is 24.1 Å². The zero-order chi connectivity index (χ0) is 19.5. The first-order valence-electron chi connectivity index (χ1n) is 9.39. The molecule has 0 radical (unpaired) electrons. The minimum atomic E-state index is -0.226. The van der Waals surface area contributed by atoms with Gasteiger partial charge in [-0.15, -0.1) is 0 Å². The molecule has 0 spiro atoms. The molecule has 144 valence electrons. The molecule has 0 saturated carbocycles. The van der Waals surface area contributed by atoms with Gasteiger partial charge in [0, 0.05) is 43.8 Å². The number of rotatable bonds is 3. The van der Waals surface area contributed by atoms with E-state index < -0.39 is 0 Å². The van der Waals surface area contributed by atoms with Crippen molar-refractivity contribution < 1.29 is 9.21 Å². The number of nitrogens with zero attached hydrogens (tertiary/aromatic N) is 2. The van der Waals surface area contributed by atoms with Crippen molar-refractivity contribution in [1.82, 2.24) is 9.80 Å². The van der Waals surface area contributed by atoms with Gasteiger partial charge in [0.05, 0.1) is 5.39 Å². The van der Waals surface area contributed by atoms with E-state index in [1.54, 1.807) is 29.2 Å². The van der Waals surface area contributed by atoms with Gasteiger partial charge in [-0.1, -0.05) is 35.9 Å². The van der Waals surface area contributed by atoms with Crippen LogP contribution in [-0.4, -0.2) is 41.9 Å². The van der Waals surface area contributed by atoms with Crippen LogP contribution in [0.4, 0.5) is 0 Å². The number of hydrogen-bond acceptors (Lipinski definition) is 4. The molecular weight excluding hydrogens is 376 g/mol. The summed E-state index contributed by atoms with van der Waals surface area (Å²) in [5.41, 5.74) is 1.45. The predicted octanol–water partition coefficient (Wildman–Crippen LogP) is 3.79. The number of carbonyl (C=O) groups is 1. The van der Waals surface area contributed by atoms with Crippen LogP contribution in [-0.2, 0) is 6.54 Å². The minimum absolute atomic E-state index is 0.106. The topological polar surface area (TPSA) is 53.8 Å². The average Bonchev–Trinajstić information content (AvgIpc) is 2.95. The van der Waals surface area contributed by atoms with Crippen LogP contribution in [0.5, 0.6) is 0 Å². The Labute approximate surface area is 168 Å². The smallest absolute Gasteiger partial charge is 0.289 e. The van der Waals surface area contributed by atoms with E-state index in [1.807, 2.05) is 24.3 Å². The van der Waals surface area contributed by atoms with Crippen LogP contribution in [0.1, 0.15) is 22.5 Å². The first kappa shape index (κ1) is 18.7. The van der Waals surface area contributed by atoms with Gasteiger partial charge in [0.25, 0.3) is 5.91 Å². The van der Waals surface area contributed by atoms with Gasteiger partial charge in [0.2, 0.25) is 0 Å². The van der Waals surface area contributed by atoms with Crippen LogP contribution < -0.4 is 5.43 Å². The molecular formula is C22H21ClN2O3. The lowest BCUT2D eigenvalue weighted by atomic mass is 10.2. The predicted molar refractivity (Wildman–Crippen MR) is 110 cm³/mol. The van der Waals surface area contributed by atoms with Crippen LogP contribution >= 0.6 is 11.6 Å². The highest BCUT2D eigenvalue weighted by atomic mass is 35.5. The molecule has 1 amide bonds. The Morgan fingerprint density at radius 3 is 2.61 bits per heavy atom. The van der Waals surface area contributed by atoms with Gasteiger partial charge < -0.3 is 9.32 Å². The molecule has 2 aromatic carbocycles. The minimum Gasteiger partial charge on any atom is -0.451 e. The Bertz CT molecular complexity index is 1050. The van der Waals surface area contributed by atoms with E-state index in [1.165, 1.54) is 11.6 Å². The summed E-state index contributed by atoms with van der Waals surface area (Å²) in [5, 5.41) is 1.22. The molecule has 4 rings (SSSR count). The fraction of sp³-hybridized carbons (Fsp3) is 0.273. The highest BCUT2D eigenvalue weighted by Gasteiger charge is 2.23. The average molecular weight is 397 g/mol. The maximum atomic E-state index is 12.9. The quantitative estimate of drug-likeness (QED) is 0.675. The third-order valence-electron chi connectivity index (χ3n) is 5.04. The second-order valence-electron chi connectivity index (χ2n) is 7.02. The third-order valence-corrected chi connectivity index (χ3v) is 5.29. The molecule has 1 aliphatic rings. The number of amides is 1. The first-order chi connectivity index (χ1) is 13.6. The van der Waals surface area contributed by atoms with E-state index in [9.17, 15) is 9.59 Å². The molecule has 1 aromatic heterocycles. The zero-order valence-electron chi connectivity index (χ0n) is 15.4. The fourth-order valence-electron chi connectivity index (χ4n) is 3.55. The fourth-order valence-corrected chi connectivity index (χ4v) is 3.67. The maximum absolute atomic E-state index is 12.9. The summed E-state index contributed by atoms with van der Waals surface area (Å²) in [5.74, 6) is -0.119. The largest absolute Gasteiger partial charge is 0.451 e. The lowest BCUT2D eigenvalue weighted by Crippen LogP contribution is -2.35. The molecule has 1 fully saturated rings. The lowest BCUT2D eigenvalue weighted by Gasteiger charge is -2.21. The number of fused-ring (bicyclic) bond motifs is 1. The highest BCUT2D eigenvalue weighted by Crippen LogP contribution is 2.16. The zero-order valence-corrected chi connectivity index (χ0v) is 16.2. The van der Waals surface area contributed by atoms with Gasteiger partial charge in [0.1, 0.15) is 5.58 Å². The van der Waals surface area contributed by atoms with E-state index >= 15 is 0 Å². The molecule has 6 heteroatoms. The van der Waals surface area contributed by atoms with Crippen LogP contribution in [0.2, 0.25) is 5.02 Å². The van der Waals surface area contributed by atoms with Crippen molar-refractivity contribution in [2.45, 2.75) is 13.0 Å². The van der Waals surface area contributed by atoms with Crippen molar-refractivity contribution in [3.8, 4) is 0 Å². The van der Waals surface area contributed by atoms with Crippen molar-refractivity contribution >= 4 is 28.5 Å². The van der Waals surface area contributed by atoms with Gasteiger partial charge in [0.15, 0.2) is 11.2 Å². The van der Waals surface area contributed by atoms with Crippen LogP contribution in [0, 0.1) is 0 Å². The van der Waals surface area contributed by atoms with Gasteiger partial charge >= 0.3 is 0 Å². The molecule has 3 aromatic rings. The molecule has 0 bridgehead atoms. The molecule has 0 unspecified atom stereocenters. The molecule has 1 aliphatic heterocycles. The number of benzene rings is 2. The Kier molecular flexibility index (Phi) is 5.46. The molecule has 2 heterocycles. The monoisotopic (exact) mass is 396 g/mol. The van der Waals surface area contributed by atoms with E-state index in [2.05, 4.69) is 4.90 Å². The summed E-state index contributed by atoms with van der Waals surface area (Å²) in [4.78, 5) is 29.3. The number of para-hydroxylation sites is 1. The summed E-state index contributed by atoms with van der Waals surface area (Å²) in [6, 6.07) is 16.1. The molecule has 0 atom stereocenters. The van der Waals surface area contributed by atoms with Crippen LogP contribution in [0.25, 0.3) is 11.0 Å². The van der Waals surface area contributed by atoms with Crippen molar-refractivity contribution in [3.63, 3.8) is 0 Å². The standard InChI is InChI=1S/C22H21ClN2O3/c23-17-8-6-16(7-9-17)15-24-10-3-11-25(13-12-24)22(27)21-14-19(26)18-4-1-2-5-20(18)28-21/h1-2,4-9,14H,3,10-13,15H2. The molecule has 0 N–H and O–H groups in total. The Morgan fingerprint density at radius 1 is 1.00 bits per heavy atom. The van der Waals surface area contributed by atoms with Gasteiger partial charge in [-0.25, -0.2) is 0 Å². The molecule has 0 aliphatic carbocycles. The maximum Gasteiger partial charge on any atom is 0.289 e. The second kappa shape index (κ2) is 8.17. The van der Waals surface area contributed by atoms with Crippen molar-refractivity contribution in [3.05, 3.63) is 81.2 Å². The first-order valence-corrected chi connectivity index (χ1v) is 9.77. The van der Waals surface area contributed by atoms with Crippen molar-refractivity contribution in [2.75, 3.05) is 26.2 Å². The lowest BCUT2D eigenvalue weighted by molar-refractivity contribution is 0.0730. The van der Waals surface area contributed by atoms with E-state index in [-0.39, 0.29) is 17.1 Å². The van der Waals surface area contributed by atoms with E-state index in [4.69, 9.17) is 16.0 Å². The van der Waals surface area contributed by atoms with Gasteiger partial charge in [-0.3, -0.25) is 14.5 Å². The normalized spacial score (nSPS) is 15.5. The second-order valence-corrected chi connectivity index (χ2v) is 7.46. The molecule has 5 nitrogen and oxygen atoms in total. The molecule has 28 heavy (non-hydrogen) atoms. The highest BCUT2D eigenvalue weighted by molar-refractivity contribution is 6.30. The summed E-state index contributed by atoms with van der Waals surface area (Å²) in [7, 11) is 0. The summed E-state index contributed by atoms with van der Waals surface area (Å²) < 4.78 is 5.71. The van der Waals surface area contributed by atoms with Crippen LogP contribution in [0.3, 0.4) is 0 Å². The van der Waals surface area contributed by atoms with Crippen molar-refractivity contribution in [2.24, 2.45) is 0 Å². The summed E-state index contributed by atoms with van der Waals surface area (Å²) in [6.45, 7) is 3.75. The number of hydrogen-bond donors (Lipinski definition) is 0. The number of halogens is 1. The third kappa shape index (κ3) is 4.11. The van der Waals surface area contributed by atoms with E-state index in [0.717, 1.165) is 31.1 Å². The van der Waals surface area contributed by atoms with Crippen LogP contribution in [0.15, 0.2) is 63.8 Å². The van der Waals surface area contributed by atoms with Gasteiger partial charge in [-0.05, 0) is 36.2 Å². The van der Waals surface area contributed by atoms with Crippen molar-refractivity contribution in [1.29, 1.82) is 0 Å². The summed E-state index contributed by atoms with van der Waals surface area (Å²) in [6.07, 6.45) is 0.872. The Morgan fingerprint density at radius 2 is 1.79 bits per heavy atom. The number of carbonyl (C=O) groups excluding carboxylic acids is 1. The molecule has 1 saturated heterocycles. The Balaban J connectivity index is 1.46.